The van der Waals surface area contributed by atoms with Gasteiger partial charge < -0.3 is 10.4 Å². The van der Waals surface area contributed by atoms with Crippen molar-refractivity contribution in [3.05, 3.63) is 0 Å². The number of carboxylic acids is 1. The Morgan fingerprint density at radius 3 is 2.24 bits per heavy atom. The third kappa shape index (κ3) is 2.01. The van der Waals surface area contributed by atoms with Gasteiger partial charge in [0.05, 0.1) is 11.8 Å². The Balaban J connectivity index is 1.40. The van der Waals surface area contributed by atoms with Gasteiger partial charge in [-0.3, -0.25) is 9.59 Å². The third-order valence-electron chi connectivity index (χ3n) is 6.94. The fourth-order valence-corrected chi connectivity index (χ4v) is 5.83. The maximum absolute atomic E-state index is 12.6. The molecule has 2 bridgehead atoms. The van der Waals surface area contributed by atoms with Gasteiger partial charge in [-0.1, -0.05) is 13.3 Å². The normalized spacial score (nSPS) is 50.0. The molecule has 0 spiro atoms. The van der Waals surface area contributed by atoms with Crippen molar-refractivity contribution < 1.29 is 14.7 Å². The zero-order valence-corrected chi connectivity index (χ0v) is 12.6. The van der Waals surface area contributed by atoms with E-state index in [0.717, 1.165) is 36.5 Å². The van der Waals surface area contributed by atoms with Crippen LogP contribution in [-0.4, -0.2) is 23.0 Å². The summed E-state index contributed by atoms with van der Waals surface area (Å²) in [5.74, 6) is 1.99. The smallest absolute Gasteiger partial charge is 0.307 e. The van der Waals surface area contributed by atoms with Crippen molar-refractivity contribution in [1.29, 1.82) is 0 Å². The molecular formula is C17H25NO3. The molecule has 4 saturated carbocycles. The standard InChI is InChI=1S/C17H25NO3/c1-2-8-5-11(12(6-8)17(20)21)16(19)18-15-13-9-3-4-10(7-9)14(13)15/h8-15H,2-7H2,1H3,(H,18,19)(H,20,21)/t8?,9?,10?,11-,12+,13?,14?,15?/m0/s1. The second-order valence-electron chi connectivity index (χ2n) is 7.82. The Kier molecular flexibility index (Phi) is 3.05. The lowest BCUT2D eigenvalue weighted by Gasteiger charge is -2.17. The van der Waals surface area contributed by atoms with Gasteiger partial charge in [0.25, 0.3) is 0 Å². The molecule has 0 aliphatic heterocycles. The van der Waals surface area contributed by atoms with Crippen LogP contribution in [0.2, 0.25) is 0 Å². The second kappa shape index (κ2) is 4.72. The second-order valence-corrected chi connectivity index (χ2v) is 7.82. The van der Waals surface area contributed by atoms with Gasteiger partial charge in [-0.05, 0) is 61.7 Å². The predicted octanol–water partition coefficient (Wildman–Crippen LogP) is 2.28. The summed E-state index contributed by atoms with van der Waals surface area (Å²) in [4.78, 5) is 24.0. The highest BCUT2D eigenvalue weighted by Crippen LogP contribution is 2.65. The average Bonchev–Trinajstić information content (AvgIpc) is 2.91. The Hall–Kier alpha value is -1.06. The van der Waals surface area contributed by atoms with Crippen LogP contribution in [-0.2, 0) is 9.59 Å². The summed E-state index contributed by atoms with van der Waals surface area (Å²) in [7, 11) is 0. The molecule has 21 heavy (non-hydrogen) atoms. The van der Waals surface area contributed by atoms with Crippen molar-refractivity contribution in [1.82, 2.24) is 5.32 Å². The van der Waals surface area contributed by atoms with Crippen molar-refractivity contribution in [3.8, 4) is 0 Å². The van der Waals surface area contributed by atoms with Crippen molar-refractivity contribution >= 4 is 11.9 Å². The molecule has 0 radical (unpaired) electrons. The van der Waals surface area contributed by atoms with Crippen molar-refractivity contribution in [3.63, 3.8) is 0 Å². The van der Waals surface area contributed by atoms with E-state index in [9.17, 15) is 14.7 Å². The summed E-state index contributed by atoms with van der Waals surface area (Å²) >= 11 is 0. The molecule has 116 valence electrons. The summed E-state index contributed by atoms with van der Waals surface area (Å²) in [5, 5.41) is 12.6. The number of amides is 1. The first kappa shape index (κ1) is 13.6. The van der Waals surface area contributed by atoms with Gasteiger partial charge in [-0.25, -0.2) is 0 Å². The van der Waals surface area contributed by atoms with E-state index in [0.29, 0.717) is 18.4 Å². The molecule has 0 aromatic rings. The fraction of sp³-hybridized carbons (Fsp3) is 0.882. The molecule has 0 aromatic carbocycles. The van der Waals surface area contributed by atoms with Crippen molar-refractivity contribution in [2.75, 3.05) is 0 Å². The molecule has 4 fully saturated rings. The number of rotatable bonds is 4. The molecule has 1 amide bonds. The minimum absolute atomic E-state index is 0.0251. The van der Waals surface area contributed by atoms with E-state index in [4.69, 9.17) is 0 Å². The van der Waals surface area contributed by atoms with E-state index < -0.39 is 11.9 Å². The highest BCUT2D eigenvalue weighted by atomic mass is 16.4. The number of fused-ring (bicyclic) bond motifs is 5. The van der Waals surface area contributed by atoms with Crippen LogP contribution in [0.3, 0.4) is 0 Å². The molecule has 2 N–H and O–H groups in total. The highest BCUT2D eigenvalue weighted by molar-refractivity contribution is 5.85. The molecular weight excluding hydrogens is 266 g/mol. The van der Waals surface area contributed by atoms with Crippen LogP contribution >= 0.6 is 0 Å². The van der Waals surface area contributed by atoms with Crippen molar-refractivity contribution in [2.24, 2.45) is 41.4 Å². The molecule has 4 heteroatoms. The predicted molar refractivity (Wildman–Crippen MR) is 77.4 cm³/mol. The van der Waals surface area contributed by atoms with Crippen LogP contribution in [0.15, 0.2) is 0 Å². The lowest BCUT2D eigenvalue weighted by atomic mass is 9.95. The molecule has 7 atom stereocenters. The van der Waals surface area contributed by atoms with Crippen molar-refractivity contribution in [2.45, 2.75) is 51.5 Å². The molecule has 5 unspecified atom stereocenters. The largest absolute Gasteiger partial charge is 0.481 e. The lowest BCUT2D eigenvalue weighted by molar-refractivity contribution is -0.146. The van der Waals surface area contributed by atoms with E-state index in [2.05, 4.69) is 12.2 Å². The lowest BCUT2D eigenvalue weighted by Crippen LogP contribution is -2.38. The SMILES string of the molecule is CCC1C[C@H](C(=O)NC2C3C4CCC(C4)C23)[C@H](C(=O)O)C1. The third-order valence-corrected chi connectivity index (χ3v) is 6.94. The summed E-state index contributed by atoms with van der Waals surface area (Å²) in [6.45, 7) is 2.09. The molecule has 4 aliphatic rings. The van der Waals surface area contributed by atoms with Gasteiger partial charge in [0.1, 0.15) is 0 Å². The Bertz CT molecular complexity index is 461. The zero-order chi connectivity index (χ0) is 14.7. The number of carboxylic acid groups (broad SMARTS) is 1. The van der Waals surface area contributed by atoms with E-state index >= 15 is 0 Å². The summed E-state index contributed by atoms with van der Waals surface area (Å²) in [6, 6.07) is 0.374. The van der Waals surface area contributed by atoms with Gasteiger partial charge in [-0.15, -0.1) is 0 Å². The molecule has 4 nitrogen and oxygen atoms in total. The first-order chi connectivity index (χ1) is 10.1. The van der Waals surface area contributed by atoms with Gasteiger partial charge in [0, 0.05) is 6.04 Å². The fourth-order valence-electron chi connectivity index (χ4n) is 5.83. The van der Waals surface area contributed by atoms with Gasteiger partial charge in [-0.2, -0.15) is 0 Å². The molecule has 0 heterocycles. The Morgan fingerprint density at radius 1 is 1.05 bits per heavy atom. The van der Waals surface area contributed by atoms with Crippen LogP contribution in [0.5, 0.6) is 0 Å². The Labute approximate surface area is 125 Å². The van der Waals surface area contributed by atoms with Crippen LogP contribution < -0.4 is 5.32 Å². The number of hydrogen-bond donors (Lipinski definition) is 2. The van der Waals surface area contributed by atoms with E-state index in [1.165, 1.54) is 19.3 Å². The average molecular weight is 291 g/mol. The van der Waals surface area contributed by atoms with Crippen LogP contribution in [0.25, 0.3) is 0 Å². The first-order valence-corrected chi connectivity index (χ1v) is 8.63. The minimum atomic E-state index is -0.790. The Morgan fingerprint density at radius 2 is 1.67 bits per heavy atom. The van der Waals surface area contributed by atoms with Gasteiger partial charge in [0.15, 0.2) is 0 Å². The van der Waals surface area contributed by atoms with Gasteiger partial charge >= 0.3 is 5.97 Å². The highest BCUT2D eigenvalue weighted by Gasteiger charge is 2.65. The van der Waals surface area contributed by atoms with Crippen LogP contribution in [0, 0.1) is 41.4 Å². The van der Waals surface area contributed by atoms with E-state index in [1.807, 2.05) is 0 Å². The van der Waals surface area contributed by atoms with Crippen LogP contribution in [0.4, 0.5) is 0 Å². The van der Waals surface area contributed by atoms with Gasteiger partial charge in [0.2, 0.25) is 5.91 Å². The zero-order valence-electron chi connectivity index (χ0n) is 12.6. The van der Waals surface area contributed by atoms with E-state index in [1.54, 1.807) is 0 Å². The number of aliphatic carboxylic acids is 1. The minimum Gasteiger partial charge on any atom is -0.481 e. The number of carbonyl (C=O) groups is 2. The quantitative estimate of drug-likeness (QED) is 0.835. The monoisotopic (exact) mass is 291 g/mol. The maximum Gasteiger partial charge on any atom is 0.307 e. The van der Waals surface area contributed by atoms with E-state index in [-0.39, 0.29) is 11.8 Å². The maximum atomic E-state index is 12.6. The first-order valence-electron chi connectivity index (χ1n) is 8.63. The summed E-state index contributed by atoms with van der Waals surface area (Å²) in [5.41, 5.74) is 0. The molecule has 4 aliphatic carbocycles. The molecule has 0 saturated heterocycles. The van der Waals surface area contributed by atoms with Crippen LogP contribution in [0.1, 0.15) is 45.4 Å². The topological polar surface area (TPSA) is 66.4 Å². The molecule has 0 aromatic heterocycles. The number of carbonyl (C=O) groups excluding carboxylic acids is 1. The summed E-state index contributed by atoms with van der Waals surface area (Å²) < 4.78 is 0. The summed E-state index contributed by atoms with van der Waals surface area (Å²) in [6.07, 6.45) is 6.47. The number of nitrogens with one attached hydrogen (secondary N) is 1. The number of hydrogen-bond acceptors (Lipinski definition) is 2. The molecule has 4 rings (SSSR count).